The van der Waals surface area contributed by atoms with Crippen molar-refractivity contribution < 1.29 is 13.2 Å². The lowest BCUT2D eigenvalue weighted by Gasteiger charge is -2.03. The Hall–Kier alpha value is -0.550. The molecule has 0 amide bonds. The van der Waals surface area contributed by atoms with Crippen molar-refractivity contribution in [1.29, 1.82) is 0 Å². The van der Waals surface area contributed by atoms with Gasteiger partial charge in [-0.1, -0.05) is 22.0 Å². The van der Waals surface area contributed by atoms with Crippen molar-refractivity contribution in [1.82, 2.24) is 0 Å². The number of methoxy groups -OCH3 is 1. The Morgan fingerprint density at radius 1 is 1.46 bits per heavy atom. The maximum Gasteiger partial charge on any atom is 0.144 e. The molecule has 5 heteroatoms. The van der Waals surface area contributed by atoms with E-state index in [1.54, 1.807) is 25.3 Å². The van der Waals surface area contributed by atoms with Gasteiger partial charge in [-0.25, -0.2) is 8.42 Å². The number of halogens is 1. The highest BCUT2D eigenvalue weighted by atomic mass is 79.9. The molecular formula is C8H9BrO3S. The zero-order valence-corrected chi connectivity index (χ0v) is 9.47. The van der Waals surface area contributed by atoms with E-state index in [4.69, 9.17) is 4.74 Å². The first-order valence-corrected chi connectivity index (χ1v) is 5.73. The van der Waals surface area contributed by atoms with E-state index < -0.39 is 10.7 Å². The summed E-state index contributed by atoms with van der Waals surface area (Å²) in [7, 11) is -0.813. The monoisotopic (exact) mass is 264 g/mol. The van der Waals surface area contributed by atoms with E-state index in [1.807, 2.05) is 0 Å². The molecule has 1 aromatic rings. The van der Waals surface area contributed by atoms with Crippen LogP contribution in [-0.2, 0) is 16.5 Å². The second-order valence-corrected chi connectivity index (χ2v) is 4.28. The summed E-state index contributed by atoms with van der Waals surface area (Å²) >= 11 is 3.27. The fourth-order valence-corrected chi connectivity index (χ4v) is 2.19. The molecule has 1 aromatic carbocycles. The third-order valence-corrected chi connectivity index (χ3v) is 2.90. The average Bonchev–Trinajstić information content (AvgIpc) is 2.08. The predicted molar refractivity (Wildman–Crippen MR) is 54.7 cm³/mol. The van der Waals surface area contributed by atoms with Gasteiger partial charge in [-0.15, -0.1) is 0 Å². The normalized spacial score (nSPS) is 10.4. The largest absolute Gasteiger partial charge is 0.497 e. The van der Waals surface area contributed by atoms with Gasteiger partial charge in [-0.05, 0) is 17.7 Å². The van der Waals surface area contributed by atoms with Crippen LogP contribution >= 0.6 is 15.9 Å². The van der Waals surface area contributed by atoms with Crippen LogP contribution in [0.25, 0.3) is 0 Å². The molecule has 13 heavy (non-hydrogen) atoms. The van der Waals surface area contributed by atoms with Gasteiger partial charge < -0.3 is 4.74 Å². The smallest absolute Gasteiger partial charge is 0.144 e. The predicted octanol–water partition coefficient (Wildman–Crippen LogP) is 1.57. The molecule has 0 heterocycles. The van der Waals surface area contributed by atoms with Crippen LogP contribution in [0.5, 0.6) is 5.75 Å². The van der Waals surface area contributed by atoms with Crippen LogP contribution < -0.4 is 4.74 Å². The molecule has 0 atom stereocenters. The van der Waals surface area contributed by atoms with Gasteiger partial charge in [0, 0.05) is 4.47 Å². The lowest BCUT2D eigenvalue weighted by molar-refractivity contribution is 0.414. The van der Waals surface area contributed by atoms with Gasteiger partial charge >= 0.3 is 0 Å². The summed E-state index contributed by atoms with van der Waals surface area (Å²) in [4.78, 5) is 0. The molecule has 72 valence electrons. The molecule has 0 spiro atoms. The SMILES string of the molecule is COc1ccc(C[SH](=O)=O)c(Br)c1. The molecule has 0 N–H and O–H groups in total. The lowest BCUT2D eigenvalue weighted by atomic mass is 10.2. The lowest BCUT2D eigenvalue weighted by Crippen LogP contribution is -1.90. The Morgan fingerprint density at radius 2 is 2.15 bits per heavy atom. The van der Waals surface area contributed by atoms with Crippen LogP contribution in [0.15, 0.2) is 22.7 Å². The van der Waals surface area contributed by atoms with Gasteiger partial charge in [0.05, 0.1) is 12.9 Å². The molecule has 0 fully saturated rings. The third kappa shape index (κ3) is 3.00. The molecule has 0 aromatic heterocycles. The van der Waals surface area contributed by atoms with E-state index in [-0.39, 0.29) is 5.75 Å². The second kappa shape index (κ2) is 4.62. The van der Waals surface area contributed by atoms with E-state index >= 15 is 0 Å². The average molecular weight is 265 g/mol. The summed E-state index contributed by atoms with van der Waals surface area (Å²) in [6.45, 7) is 0. The van der Waals surface area contributed by atoms with Gasteiger partial charge in [0.15, 0.2) is 0 Å². The number of thiol groups is 1. The molecule has 0 unspecified atom stereocenters. The van der Waals surface area contributed by atoms with Crippen molar-refractivity contribution in [3.63, 3.8) is 0 Å². The maximum absolute atomic E-state index is 10.5. The van der Waals surface area contributed by atoms with Crippen LogP contribution in [0.3, 0.4) is 0 Å². The minimum atomic E-state index is -2.38. The van der Waals surface area contributed by atoms with Gasteiger partial charge in [0.2, 0.25) is 0 Å². The minimum Gasteiger partial charge on any atom is -0.497 e. The highest BCUT2D eigenvalue weighted by molar-refractivity contribution is 9.10. The quantitative estimate of drug-likeness (QED) is 0.843. The Morgan fingerprint density at radius 3 is 2.62 bits per heavy atom. The first kappa shape index (κ1) is 10.5. The highest BCUT2D eigenvalue weighted by Gasteiger charge is 2.02. The molecule has 1 rings (SSSR count). The fourth-order valence-electron chi connectivity index (χ4n) is 0.922. The van der Waals surface area contributed by atoms with Crippen molar-refractivity contribution in [3.05, 3.63) is 28.2 Å². The minimum absolute atomic E-state index is 0.0555. The summed E-state index contributed by atoms with van der Waals surface area (Å²) in [5.41, 5.74) is 0.747. The highest BCUT2D eigenvalue weighted by Crippen LogP contribution is 2.23. The van der Waals surface area contributed by atoms with E-state index in [0.717, 1.165) is 10.0 Å². The van der Waals surface area contributed by atoms with Gasteiger partial charge in [-0.3, -0.25) is 0 Å². The van der Waals surface area contributed by atoms with Crippen molar-refractivity contribution in [3.8, 4) is 5.75 Å². The van der Waals surface area contributed by atoms with Gasteiger partial charge in [-0.2, -0.15) is 0 Å². The molecular weight excluding hydrogens is 256 g/mol. The zero-order chi connectivity index (χ0) is 9.84. The molecule has 0 saturated carbocycles. The van der Waals surface area contributed by atoms with Crippen molar-refractivity contribution in [2.45, 2.75) is 5.75 Å². The summed E-state index contributed by atoms with van der Waals surface area (Å²) < 4.78 is 26.7. The first-order valence-electron chi connectivity index (χ1n) is 3.57. The van der Waals surface area contributed by atoms with E-state index in [0.29, 0.717) is 5.75 Å². The molecule has 0 aliphatic heterocycles. The Labute approximate surface area is 86.8 Å². The number of hydrogen-bond acceptors (Lipinski definition) is 3. The molecule has 3 nitrogen and oxygen atoms in total. The maximum atomic E-state index is 10.5. The molecule has 0 aliphatic carbocycles. The van der Waals surface area contributed by atoms with Crippen LogP contribution in [0, 0.1) is 0 Å². The second-order valence-electron chi connectivity index (χ2n) is 2.45. The van der Waals surface area contributed by atoms with Crippen LogP contribution in [0.1, 0.15) is 5.56 Å². The summed E-state index contributed by atoms with van der Waals surface area (Å²) in [5, 5.41) is 0. The van der Waals surface area contributed by atoms with Crippen LogP contribution in [0.2, 0.25) is 0 Å². The van der Waals surface area contributed by atoms with E-state index in [2.05, 4.69) is 15.9 Å². The van der Waals surface area contributed by atoms with E-state index in [9.17, 15) is 8.42 Å². The number of rotatable bonds is 3. The van der Waals surface area contributed by atoms with Gasteiger partial charge in [0.25, 0.3) is 0 Å². The van der Waals surface area contributed by atoms with Crippen LogP contribution in [-0.4, -0.2) is 15.5 Å². The van der Waals surface area contributed by atoms with E-state index in [1.165, 1.54) is 0 Å². The topological polar surface area (TPSA) is 43.4 Å². The summed E-state index contributed by atoms with van der Waals surface area (Å²) in [5.74, 6) is 0.761. The van der Waals surface area contributed by atoms with Crippen molar-refractivity contribution >= 4 is 26.6 Å². The number of hydrogen-bond donors (Lipinski definition) is 1. The number of benzene rings is 1. The molecule has 0 bridgehead atoms. The first-order chi connectivity index (χ1) is 6.13. The van der Waals surface area contributed by atoms with Crippen molar-refractivity contribution in [2.24, 2.45) is 0 Å². The zero-order valence-electron chi connectivity index (χ0n) is 6.99. The molecule has 0 radical (unpaired) electrons. The fraction of sp³-hybridized carbons (Fsp3) is 0.250. The standard InChI is InChI=1S/C8H9BrO3S/c1-12-7-3-2-6(5-13(10)11)8(9)4-7/h2-4,13H,5H2,1H3. The van der Waals surface area contributed by atoms with Crippen molar-refractivity contribution in [2.75, 3.05) is 7.11 Å². The van der Waals surface area contributed by atoms with Gasteiger partial charge in [0.1, 0.15) is 16.5 Å². The Balaban J connectivity index is 2.98. The molecule has 0 aliphatic rings. The Bertz CT molecular complexity index is 366. The summed E-state index contributed by atoms with van der Waals surface area (Å²) in [6, 6.07) is 5.21. The number of ether oxygens (including phenoxy) is 1. The Kier molecular flexibility index (Phi) is 3.74. The molecule has 0 saturated heterocycles. The third-order valence-electron chi connectivity index (χ3n) is 1.56. The summed E-state index contributed by atoms with van der Waals surface area (Å²) in [6.07, 6.45) is 0. The van der Waals surface area contributed by atoms with Crippen LogP contribution in [0.4, 0.5) is 0 Å².